The molecule has 1 atom stereocenters. The molecule has 2 aliphatic carbocycles. The van der Waals surface area contributed by atoms with Crippen molar-refractivity contribution in [2.24, 2.45) is 0 Å². The monoisotopic (exact) mass is 771 g/mol. The summed E-state index contributed by atoms with van der Waals surface area (Å²) in [6.07, 6.45) is 11.2. The number of nitrogens with zero attached hydrogens (tertiary/aromatic N) is 9. The van der Waals surface area contributed by atoms with Crippen LogP contribution < -0.4 is 25.3 Å². The molecule has 1 unspecified atom stereocenters. The summed E-state index contributed by atoms with van der Waals surface area (Å²) in [6.45, 7) is 5.49. The Balaban J connectivity index is 0.776. The number of benzene rings is 1. The minimum absolute atomic E-state index is 0.0187. The average molecular weight is 772 g/mol. The molecule has 3 aromatic heterocycles. The maximum atomic E-state index is 14.1. The van der Waals surface area contributed by atoms with Crippen LogP contribution in [0.5, 0.6) is 0 Å². The molecule has 0 bridgehead atoms. The second-order valence-corrected chi connectivity index (χ2v) is 16.9. The van der Waals surface area contributed by atoms with Gasteiger partial charge in [-0.2, -0.15) is 4.98 Å². The number of pyridine rings is 1. The molecule has 1 spiro atoms. The Morgan fingerprint density at radius 1 is 0.877 bits per heavy atom. The molecule has 10 rings (SSSR count). The quantitative estimate of drug-likeness (QED) is 0.251. The van der Waals surface area contributed by atoms with E-state index < -0.39 is 11.5 Å². The number of carbonyl (C=O) groups is 4. The van der Waals surface area contributed by atoms with Crippen molar-refractivity contribution in [3.8, 4) is 0 Å². The average Bonchev–Trinajstić information content (AvgIpc) is 3.90. The first-order chi connectivity index (χ1) is 27.7. The highest BCUT2D eigenvalue weighted by Gasteiger charge is 2.58. The number of fused-ring (bicyclic) bond motifs is 3. The van der Waals surface area contributed by atoms with Crippen LogP contribution in [0.1, 0.15) is 79.9 Å². The van der Waals surface area contributed by atoms with Crippen molar-refractivity contribution < 1.29 is 19.2 Å². The van der Waals surface area contributed by atoms with Crippen LogP contribution in [0.4, 0.5) is 28.8 Å². The number of piperazine rings is 1. The van der Waals surface area contributed by atoms with Gasteiger partial charge in [-0.1, -0.05) is 25.3 Å². The molecule has 57 heavy (non-hydrogen) atoms. The fourth-order valence-corrected chi connectivity index (χ4v) is 10.1. The summed E-state index contributed by atoms with van der Waals surface area (Å²) in [7, 11) is 3.56. The van der Waals surface area contributed by atoms with Crippen molar-refractivity contribution in [1.29, 1.82) is 0 Å². The number of imide groups is 1. The third-order valence-corrected chi connectivity index (χ3v) is 13.4. The summed E-state index contributed by atoms with van der Waals surface area (Å²) in [6, 6.07) is 12.1. The van der Waals surface area contributed by atoms with Gasteiger partial charge in [0.15, 0.2) is 0 Å². The second-order valence-electron chi connectivity index (χ2n) is 16.9. The molecule has 2 N–H and O–H groups in total. The number of hydrogen-bond acceptors (Lipinski definition) is 11. The molecule has 6 aliphatic rings. The molecule has 0 radical (unpaired) electrons. The number of aromatic nitrogens is 4. The predicted molar refractivity (Wildman–Crippen MR) is 216 cm³/mol. The van der Waals surface area contributed by atoms with E-state index in [0.29, 0.717) is 29.9 Å². The Morgan fingerprint density at radius 3 is 2.33 bits per heavy atom. The van der Waals surface area contributed by atoms with Crippen LogP contribution in [-0.2, 0) is 19.8 Å². The van der Waals surface area contributed by atoms with Gasteiger partial charge in [-0.15, -0.1) is 0 Å². The summed E-state index contributed by atoms with van der Waals surface area (Å²) in [5, 5.41) is 6.60. The highest BCUT2D eigenvalue weighted by molar-refractivity contribution is 6.15. The Morgan fingerprint density at radius 2 is 1.65 bits per heavy atom. The zero-order valence-electron chi connectivity index (χ0n) is 32.6. The molecular formula is C42H49N11O4. The van der Waals surface area contributed by atoms with E-state index in [9.17, 15) is 19.2 Å². The molecular weight excluding hydrogens is 723 g/mol. The summed E-state index contributed by atoms with van der Waals surface area (Å²) < 4.78 is 2.12. The van der Waals surface area contributed by atoms with Gasteiger partial charge in [0.1, 0.15) is 23.2 Å². The topological polar surface area (TPSA) is 152 Å². The molecule has 4 aliphatic heterocycles. The van der Waals surface area contributed by atoms with E-state index in [1.165, 1.54) is 0 Å². The van der Waals surface area contributed by atoms with Crippen molar-refractivity contribution >= 4 is 63.5 Å². The number of amides is 4. The van der Waals surface area contributed by atoms with Gasteiger partial charge in [0, 0.05) is 94.7 Å². The van der Waals surface area contributed by atoms with Gasteiger partial charge >= 0.3 is 0 Å². The Hall–Kier alpha value is -5.57. The maximum absolute atomic E-state index is 14.1. The second kappa shape index (κ2) is 13.8. The van der Waals surface area contributed by atoms with Crippen LogP contribution in [0.25, 0.3) is 11.0 Å². The highest BCUT2D eigenvalue weighted by Crippen LogP contribution is 2.57. The molecule has 15 nitrogen and oxygen atoms in total. The van der Waals surface area contributed by atoms with Crippen LogP contribution in [0.15, 0.2) is 48.8 Å². The van der Waals surface area contributed by atoms with Crippen LogP contribution in [0, 0.1) is 0 Å². The Labute approximate surface area is 331 Å². The van der Waals surface area contributed by atoms with Crippen molar-refractivity contribution in [2.45, 2.75) is 81.3 Å². The largest absolute Gasteiger partial charge is 0.368 e. The molecule has 5 fully saturated rings. The van der Waals surface area contributed by atoms with E-state index in [-0.39, 0.29) is 36.1 Å². The third kappa shape index (κ3) is 5.91. The minimum Gasteiger partial charge on any atom is -0.368 e. The van der Waals surface area contributed by atoms with Gasteiger partial charge in [-0.05, 0) is 62.4 Å². The van der Waals surface area contributed by atoms with Crippen LogP contribution in [0.3, 0.4) is 0 Å². The molecule has 2 saturated carbocycles. The van der Waals surface area contributed by atoms with Gasteiger partial charge < -0.3 is 24.6 Å². The number of piperidine rings is 1. The fourth-order valence-electron chi connectivity index (χ4n) is 10.1. The summed E-state index contributed by atoms with van der Waals surface area (Å²) in [5.74, 6) is 0.458. The molecule has 3 saturated heterocycles. The van der Waals surface area contributed by atoms with Crippen LogP contribution in [0.2, 0.25) is 0 Å². The fraction of sp³-hybridized carbons (Fsp3) is 0.500. The normalized spacial score (nSPS) is 22.5. The van der Waals surface area contributed by atoms with Gasteiger partial charge in [0.25, 0.3) is 5.91 Å². The number of hydrogen-bond donors (Lipinski definition) is 2. The molecule has 296 valence electrons. The van der Waals surface area contributed by atoms with E-state index in [1.807, 2.05) is 30.5 Å². The summed E-state index contributed by atoms with van der Waals surface area (Å²) in [4.78, 5) is 76.8. The van der Waals surface area contributed by atoms with Crippen molar-refractivity contribution in [2.75, 3.05) is 73.4 Å². The smallest absolute Gasteiger partial charge is 0.270 e. The van der Waals surface area contributed by atoms with Crippen LogP contribution in [-0.4, -0.2) is 118 Å². The van der Waals surface area contributed by atoms with Gasteiger partial charge in [-0.3, -0.25) is 34.3 Å². The van der Waals surface area contributed by atoms with E-state index in [1.54, 1.807) is 30.1 Å². The molecule has 4 aromatic rings. The number of rotatable bonds is 8. The lowest BCUT2D eigenvalue weighted by Crippen LogP contribution is -2.63. The van der Waals surface area contributed by atoms with Crippen molar-refractivity contribution in [3.05, 3.63) is 60.0 Å². The van der Waals surface area contributed by atoms with Gasteiger partial charge in [-0.25, -0.2) is 9.97 Å². The standard InChI is InChI=1S/C42H49N11O4/c1-48(2)39(56)33-21-26-22-44-41(47-37(26)52(33)27-7-3-4-8-27)45-34-13-11-28(23-43-34)49-17-19-50(20-18-49)29-24-51(25-29)30-9-5-10-31-36(30)42(15-6-16-42)40(57)53(31)32-12-14-35(54)46-38(32)55/h5,9-11,13,21-23,27,29,32H,3-4,6-8,12,14-20,24-25H2,1-2H3,(H,46,54,55)(H,43,44,45,47). The highest BCUT2D eigenvalue weighted by atomic mass is 16.2. The lowest BCUT2D eigenvalue weighted by atomic mass is 9.64. The number of anilines is 5. The Bertz CT molecular complexity index is 2260. The first-order valence-electron chi connectivity index (χ1n) is 20.6. The van der Waals surface area contributed by atoms with E-state index in [0.717, 1.165) is 118 Å². The van der Waals surface area contributed by atoms with Crippen LogP contribution >= 0.6 is 0 Å². The molecule has 15 heteroatoms. The van der Waals surface area contributed by atoms with Crippen molar-refractivity contribution in [1.82, 2.24) is 34.6 Å². The SMILES string of the molecule is CN(C)C(=O)c1cc2cnc(Nc3ccc(N4CCN(C5CN(c6cccc7c6C6(CCC6)C(=O)N7C6CCC(=O)NC6=O)C5)CC4)cn3)nc2n1C1CCCC1. The first-order valence-corrected chi connectivity index (χ1v) is 20.6. The zero-order valence-corrected chi connectivity index (χ0v) is 32.6. The maximum Gasteiger partial charge on any atom is 0.270 e. The third-order valence-electron chi connectivity index (χ3n) is 13.4. The van der Waals surface area contributed by atoms with Crippen molar-refractivity contribution in [3.63, 3.8) is 0 Å². The molecule has 4 amide bonds. The van der Waals surface area contributed by atoms with Gasteiger partial charge in [0.2, 0.25) is 23.7 Å². The van der Waals surface area contributed by atoms with E-state index in [2.05, 4.69) is 47.0 Å². The molecule has 1 aromatic carbocycles. The lowest BCUT2D eigenvalue weighted by molar-refractivity contribution is -0.136. The number of carbonyl (C=O) groups excluding carboxylic acids is 4. The lowest BCUT2D eigenvalue weighted by Gasteiger charge is -2.50. The number of nitrogens with one attached hydrogen (secondary N) is 2. The van der Waals surface area contributed by atoms with Gasteiger partial charge in [0.05, 0.1) is 23.0 Å². The Kier molecular flexibility index (Phi) is 8.68. The minimum atomic E-state index is -0.646. The van der Waals surface area contributed by atoms with E-state index >= 15 is 0 Å². The van der Waals surface area contributed by atoms with E-state index in [4.69, 9.17) is 9.97 Å². The summed E-state index contributed by atoms with van der Waals surface area (Å²) >= 11 is 0. The first kappa shape index (κ1) is 35.8. The summed E-state index contributed by atoms with van der Waals surface area (Å²) in [5.41, 5.74) is 4.97. The predicted octanol–water partition coefficient (Wildman–Crippen LogP) is 3.97. The molecule has 7 heterocycles. The zero-order chi connectivity index (χ0) is 39.0.